The second kappa shape index (κ2) is 5.71. The topological polar surface area (TPSA) is 23.8 Å². The molecule has 0 saturated carbocycles. The fraction of sp³-hybridized carbons (Fsp3) is 0.278. The number of hydrogen-bond donors (Lipinski definition) is 0. The van der Waals surface area contributed by atoms with Gasteiger partial charge in [-0.1, -0.05) is 51.1 Å². The minimum Gasteiger partial charge on any atom is -0.192 e. The molecule has 96 valence electrons. The Morgan fingerprint density at radius 2 is 1.74 bits per heavy atom. The van der Waals surface area contributed by atoms with Gasteiger partial charge in [-0.3, -0.25) is 0 Å². The standard InChI is InChI=1S/C18H19N/c1-4-15-9-10-17(13(2)3)11-18(15)16-7-5-14(12-19)6-8-16/h5-11,13H,4H2,1-3H3. The summed E-state index contributed by atoms with van der Waals surface area (Å²) >= 11 is 0. The summed E-state index contributed by atoms with van der Waals surface area (Å²) in [7, 11) is 0. The molecule has 0 aliphatic carbocycles. The molecule has 1 heteroatoms. The van der Waals surface area contributed by atoms with Gasteiger partial charge in [-0.25, -0.2) is 0 Å². The van der Waals surface area contributed by atoms with Crippen molar-refractivity contribution in [3.8, 4) is 17.2 Å². The fourth-order valence-corrected chi connectivity index (χ4v) is 2.25. The molecule has 0 N–H and O–H groups in total. The molecule has 2 aromatic rings. The summed E-state index contributed by atoms with van der Waals surface area (Å²) in [4.78, 5) is 0. The molecular weight excluding hydrogens is 230 g/mol. The zero-order valence-corrected chi connectivity index (χ0v) is 11.8. The zero-order valence-electron chi connectivity index (χ0n) is 11.8. The number of aryl methyl sites for hydroxylation is 1. The third-order valence-corrected chi connectivity index (χ3v) is 3.51. The van der Waals surface area contributed by atoms with E-state index >= 15 is 0 Å². The number of nitriles is 1. The van der Waals surface area contributed by atoms with Gasteiger partial charge in [0.1, 0.15) is 0 Å². The van der Waals surface area contributed by atoms with E-state index in [0.717, 1.165) is 6.42 Å². The average molecular weight is 249 g/mol. The van der Waals surface area contributed by atoms with Gasteiger partial charge in [-0.05, 0) is 46.7 Å². The molecule has 0 aliphatic rings. The van der Waals surface area contributed by atoms with Crippen LogP contribution in [0.25, 0.3) is 11.1 Å². The SMILES string of the molecule is CCc1ccc(C(C)C)cc1-c1ccc(C#N)cc1. The molecule has 2 aromatic carbocycles. The van der Waals surface area contributed by atoms with E-state index in [0.29, 0.717) is 11.5 Å². The van der Waals surface area contributed by atoms with E-state index in [2.05, 4.69) is 45.0 Å². The van der Waals surface area contributed by atoms with Crippen LogP contribution in [0.3, 0.4) is 0 Å². The summed E-state index contributed by atoms with van der Waals surface area (Å²) in [6.07, 6.45) is 1.02. The summed E-state index contributed by atoms with van der Waals surface area (Å²) in [6, 6.07) is 16.7. The van der Waals surface area contributed by atoms with Crippen LogP contribution < -0.4 is 0 Å². The van der Waals surface area contributed by atoms with E-state index in [-0.39, 0.29) is 0 Å². The highest BCUT2D eigenvalue weighted by Crippen LogP contribution is 2.28. The largest absolute Gasteiger partial charge is 0.192 e. The van der Waals surface area contributed by atoms with E-state index in [1.807, 2.05) is 24.3 Å². The molecule has 0 saturated heterocycles. The molecule has 0 spiro atoms. The average Bonchev–Trinajstić information content (AvgIpc) is 2.46. The lowest BCUT2D eigenvalue weighted by Crippen LogP contribution is -1.93. The number of rotatable bonds is 3. The predicted molar refractivity (Wildman–Crippen MR) is 80.1 cm³/mol. The van der Waals surface area contributed by atoms with Crippen molar-refractivity contribution in [3.05, 3.63) is 59.2 Å². The lowest BCUT2D eigenvalue weighted by atomic mass is 9.92. The van der Waals surface area contributed by atoms with Crippen molar-refractivity contribution in [1.82, 2.24) is 0 Å². The predicted octanol–water partition coefficient (Wildman–Crippen LogP) is 4.91. The molecule has 2 rings (SSSR count). The maximum atomic E-state index is 8.87. The van der Waals surface area contributed by atoms with Crippen molar-refractivity contribution in [3.63, 3.8) is 0 Å². The Hall–Kier alpha value is -2.07. The molecule has 0 atom stereocenters. The van der Waals surface area contributed by atoms with E-state index in [1.54, 1.807) is 0 Å². The summed E-state index contributed by atoms with van der Waals surface area (Å²) in [6.45, 7) is 6.60. The molecule has 0 amide bonds. The third kappa shape index (κ3) is 2.85. The summed E-state index contributed by atoms with van der Waals surface area (Å²) in [5.41, 5.74) is 5.91. The van der Waals surface area contributed by atoms with E-state index in [4.69, 9.17) is 5.26 Å². The first-order valence-electron chi connectivity index (χ1n) is 6.79. The van der Waals surface area contributed by atoms with Crippen molar-refractivity contribution in [2.24, 2.45) is 0 Å². The Bertz CT molecular complexity index is 601. The monoisotopic (exact) mass is 249 g/mol. The highest BCUT2D eigenvalue weighted by atomic mass is 14.2. The number of benzene rings is 2. The first-order chi connectivity index (χ1) is 9.15. The molecule has 0 fully saturated rings. The maximum Gasteiger partial charge on any atom is 0.0991 e. The maximum absolute atomic E-state index is 8.87. The van der Waals surface area contributed by atoms with Crippen LogP contribution >= 0.6 is 0 Å². The van der Waals surface area contributed by atoms with Gasteiger partial charge in [0, 0.05) is 0 Å². The summed E-state index contributed by atoms with van der Waals surface area (Å²) in [5, 5.41) is 8.87. The number of hydrogen-bond acceptors (Lipinski definition) is 1. The Balaban J connectivity index is 2.52. The lowest BCUT2D eigenvalue weighted by molar-refractivity contribution is 0.865. The molecule has 19 heavy (non-hydrogen) atoms. The first-order valence-corrected chi connectivity index (χ1v) is 6.79. The van der Waals surface area contributed by atoms with Crippen LogP contribution in [0.1, 0.15) is 43.4 Å². The molecule has 1 nitrogen and oxygen atoms in total. The van der Waals surface area contributed by atoms with Crippen LogP contribution in [-0.4, -0.2) is 0 Å². The lowest BCUT2D eigenvalue weighted by Gasteiger charge is -2.13. The quantitative estimate of drug-likeness (QED) is 0.758. The minimum atomic E-state index is 0.531. The van der Waals surface area contributed by atoms with Gasteiger partial charge in [-0.2, -0.15) is 5.26 Å². The van der Waals surface area contributed by atoms with Crippen LogP contribution in [0.15, 0.2) is 42.5 Å². The first kappa shape index (κ1) is 13.4. The molecule has 0 radical (unpaired) electrons. The van der Waals surface area contributed by atoms with Crippen LogP contribution in [0.2, 0.25) is 0 Å². The zero-order chi connectivity index (χ0) is 13.8. The Morgan fingerprint density at radius 1 is 1.05 bits per heavy atom. The fourth-order valence-electron chi connectivity index (χ4n) is 2.25. The second-order valence-electron chi connectivity index (χ2n) is 5.11. The van der Waals surface area contributed by atoms with Crippen molar-refractivity contribution in [2.75, 3.05) is 0 Å². The Morgan fingerprint density at radius 3 is 2.26 bits per heavy atom. The molecular formula is C18H19N. The van der Waals surface area contributed by atoms with Gasteiger partial charge in [0.05, 0.1) is 11.6 Å². The van der Waals surface area contributed by atoms with Crippen molar-refractivity contribution >= 4 is 0 Å². The normalized spacial score (nSPS) is 10.5. The molecule has 0 bridgehead atoms. The second-order valence-corrected chi connectivity index (χ2v) is 5.11. The number of nitrogens with zero attached hydrogens (tertiary/aromatic N) is 1. The molecule has 0 aromatic heterocycles. The highest BCUT2D eigenvalue weighted by Gasteiger charge is 2.07. The van der Waals surface area contributed by atoms with Crippen molar-refractivity contribution in [2.45, 2.75) is 33.1 Å². The Kier molecular flexibility index (Phi) is 4.02. The van der Waals surface area contributed by atoms with E-state index in [9.17, 15) is 0 Å². The van der Waals surface area contributed by atoms with Crippen LogP contribution in [0.4, 0.5) is 0 Å². The molecule has 0 unspecified atom stereocenters. The molecule has 0 aliphatic heterocycles. The van der Waals surface area contributed by atoms with Gasteiger partial charge in [-0.15, -0.1) is 0 Å². The minimum absolute atomic E-state index is 0.531. The molecule has 0 heterocycles. The van der Waals surface area contributed by atoms with Gasteiger partial charge in [0.15, 0.2) is 0 Å². The van der Waals surface area contributed by atoms with Gasteiger partial charge < -0.3 is 0 Å². The van der Waals surface area contributed by atoms with Crippen LogP contribution in [0, 0.1) is 11.3 Å². The van der Waals surface area contributed by atoms with Gasteiger partial charge >= 0.3 is 0 Å². The third-order valence-electron chi connectivity index (χ3n) is 3.51. The Labute approximate surface area is 115 Å². The smallest absolute Gasteiger partial charge is 0.0991 e. The van der Waals surface area contributed by atoms with Gasteiger partial charge in [0.2, 0.25) is 0 Å². The van der Waals surface area contributed by atoms with E-state index < -0.39 is 0 Å². The summed E-state index contributed by atoms with van der Waals surface area (Å²) < 4.78 is 0. The van der Waals surface area contributed by atoms with Crippen molar-refractivity contribution in [1.29, 1.82) is 5.26 Å². The van der Waals surface area contributed by atoms with Crippen LogP contribution in [0.5, 0.6) is 0 Å². The highest BCUT2D eigenvalue weighted by molar-refractivity contribution is 5.69. The summed E-state index contributed by atoms with van der Waals surface area (Å²) in [5.74, 6) is 0.531. The van der Waals surface area contributed by atoms with Gasteiger partial charge in [0.25, 0.3) is 0 Å². The van der Waals surface area contributed by atoms with E-state index in [1.165, 1.54) is 22.3 Å². The van der Waals surface area contributed by atoms with Crippen molar-refractivity contribution < 1.29 is 0 Å². The van der Waals surface area contributed by atoms with Crippen LogP contribution in [-0.2, 0) is 6.42 Å².